The van der Waals surface area contributed by atoms with Crippen molar-refractivity contribution in [3.8, 4) is 12.3 Å². The van der Waals surface area contributed by atoms with Crippen molar-refractivity contribution in [3.63, 3.8) is 0 Å². The molecular weight excluding hydrogens is 211 g/mol. The molecule has 0 aliphatic rings. The molecule has 2 rings (SSSR count). The number of halogens is 1. The third-order valence-corrected chi connectivity index (χ3v) is 2.92. The molecule has 0 aliphatic heterocycles. The standard InChI is InChI=1S/C11H9FN2S/c1-2-5-13-7-11-14-9-4-3-8(12)6-10(9)15-11/h1,3-4,6,13H,5,7H2. The Morgan fingerprint density at radius 3 is 3.20 bits per heavy atom. The van der Waals surface area contributed by atoms with Gasteiger partial charge in [-0.1, -0.05) is 5.92 Å². The Morgan fingerprint density at radius 2 is 2.40 bits per heavy atom. The summed E-state index contributed by atoms with van der Waals surface area (Å²) >= 11 is 1.48. The van der Waals surface area contributed by atoms with E-state index < -0.39 is 0 Å². The van der Waals surface area contributed by atoms with Crippen LogP contribution in [0.25, 0.3) is 10.2 Å². The zero-order valence-electron chi connectivity index (χ0n) is 7.96. The molecule has 0 saturated carbocycles. The lowest BCUT2D eigenvalue weighted by molar-refractivity contribution is 0.630. The molecule has 0 spiro atoms. The molecule has 0 atom stereocenters. The van der Waals surface area contributed by atoms with Gasteiger partial charge >= 0.3 is 0 Å². The smallest absolute Gasteiger partial charge is 0.124 e. The number of thiazole rings is 1. The Labute approximate surface area is 91.1 Å². The molecule has 15 heavy (non-hydrogen) atoms. The van der Waals surface area contributed by atoms with Gasteiger partial charge in [0, 0.05) is 6.54 Å². The predicted octanol–water partition coefficient (Wildman–Crippen LogP) is 2.16. The number of aromatic nitrogens is 1. The van der Waals surface area contributed by atoms with E-state index in [0.717, 1.165) is 15.2 Å². The van der Waals surface area contributed by atoms with Crippen molar-refractivity contribution in [2.24, 2.45) is 0 Å². The second-order valence-electron chi connectivity index (χ2n) is 3.03. The minimum atomic E-state index is -0.228. The van der Waals surface area contributed by atoms with Gasteiger partial charge in [-0.3, -0.25) is 5.32 Å². The second-order valence-corrected chi connectivity index (χ2v) is 4.14. The van der Waals surface area contributed by atoms with Gasteiger partial charge in [-0.25, -0.2) is 9.37 Å². The Balaban J connectivity index is 2.20. The van der Waals surface area contributed by atoms with Crippen molar-refractivity contribution in [1.29, 1.82) is 0 Å². The summed E-state index contributed by atoms with van der Waals surface area (Å²) in [6.07, 6.45) is 5.11. The van der Waals surface area contributed by atoms with E-state index in [2.05, 4.69) is 16.2 Å². The van der Waals surface area contributed by atoms with E-state index in [1.807, 2.05) is 0 Å². The van der Waals surface area contributed by atoms with Gasteiger partial charge in [0.15, 0.2) is 0 Å². The van der Waals surface area contributed by atoms with E-state index in [1.165, 1.54) is 23.5 Å². The van der Waals surface area contributed by atoms with Crippen LogP contribution in [0.3, 0.4) is 0 Å². The van der Waals surface area contributed by atoms with Crippen molar-refractivity contribution in [2.75, 3.05) is 6.54 Å². The van der Waals surface area contributed by atoms with Gasteiger partial charge in [-0.2, -0.15) is 0 Å². The highest BCUT2D eigenvalue weighted by molar-refractivity contribution is 7.18. The van der Waals surface area contributed by atoms with Crippen molar-refractivity contribution in [2.45, 2.75) is 6.54 Å². The molecule has 0 bridgehead atoms. The van der Waals surface area contributed by atoms with Crippen molar-refractivity contribution >= 4 is 21.6 Å². The number of nitrogens with zero attached hydrogens (tertiary/aromatic N) is 1. The summed E-state index contributed by atoms with van der Waals surface area (Å²) in [4.78, 5) is 4.35. The monoisotopic (exact) mass is 220 g/mol. The first-order valence-corrected chi connectivity index (χ1v) is 5.30. The fourth-order valence-electron chi connectivity index (χ4n) is 1.26. The summed E-state index contributed by atoms with van der Waals surface area (Å²) in [7, 11) is 0. The van der Waals surface area contributed by atoms with E-state index in [-0.39, 0.29) is 5.82 Å². The number of terminal acetylenes is 1. The van der Waals surface area contributed by atoms with Crippen molar-refractivity contribution in [3.05, 3.63) is 29.0 Å². The van der Waals surface area contributed by atoms with Crippen molar-refractivity contribution < 1.29 is 4.39 Å². The number of benzene rings is 1. The van der Waals surface area contributed by atoms with Crippen LogP contribution < -0.4 is 5.32 Å². The predicted molar refractivity (Wildman–Crippen MR) is 60.1 cm³/mol. The van der Waals surface area contributed by atoms with Gasteiger partial charge in [0.2, 0.25) is 0 Å². The molecule has 0 radical (unpaired) electrons. The van der Waals surface area contributed by atoms with Gasteiger partial charge in [0.25, 0.3) is 0 Å². The van der Waals surface area contributed by atoms with Crippen LogP contribution in [0, 0.1) is 18.2 Å². The molecule has 76 valence electrons. The van der Waals surface area contributed by atoms with E-state index >= 15 is 0 Å². The Hall–Kier alpha value is -1.44. The maximum Gasteiger partial charge on any atom is 0.124 e. The molecule has 2 nitrogen and oxygen atoms in total. The SMILES string of the molecule is C#CCNCc1nc2ccc(F)cc2s1. The highest BCUT2D eigenvalue weighted by atomic mass is 32.1. The number of fused-ring (bicyclic) bond motifs is 1. The number of rotatable bonds is 3. The topological polar surface area (TPSA) is 24.9 Å². The van der Waals surface area contributed by atoms with E-state index in [1.54, 1.807) is 6.07 Å². The summed E-state index contributed by atoms with van der Waals surface area (Å²) in [5, 5.41) is 3.97. The zero-order valence-corrected chi connectivity index (χ0v) is 8.77. The van der Waals surface area contributed by atoms with Crippen LogP contribution >= 0.6 is 11.3 Å². The normalized spacial score (nSPS) is 10.4. The van der Waals surface area contributed by atoms with Crippen LogP contribution in [-0.4, -0.2) is 11.5 Å². The highest BCUT2D eigenvalue weighted by Crippen LogP contribution is 2.22. The molecule has 0 saturated heterocycles. The van der Waals surface area contributed by atoms with E-state index in [0.29, 0.717) is 13.1 Å². The Bertz CT molecular complexity index is 513. The quantitative estimate of drug-likeness (QED) is 0.633. The zero-order chi connectivity index (χ0) is 10.7. The van der Waals surface area contributed by atoms with Crippen LogP contribution in [-0.2, 0) is 6.54 Å². The van der Waals surface area contributed by atoms with Gasteiger partial charge < -0.3 is 0 Å². The largest absolute Gasteiger partial charge is 0.300 e. The summed E-state index contributed by atoms with van der Waals surface area (Å²) in [5.74, 6) is 2.26. The molecular formula is C11H9FN2S. The van der Waals surface area contributed by atoms with Crippen LogP contribution in [0.1, 0.15) is 5.01 Å². The molecule has 4 heteroatoms. The maximum atomic E-state index is 12.9. The van der Waals surface area contributed by atoms with E-state index in [9.17, 15) is 4.39 Å². The minimum absolute atomic E-state index is 0.228. The van der Waals surface area contributed by atoms with Gasteiger partial charge in [0.1, 0.15) is 10.8 Å². The Morgan fingerprint density at radius 1 is 1.53 bits per heavy atom. The van der Waals surface area contributed by atoms with Gasteiger partial charge in [-0.15, -0.1) is 17.8 Å². The third-order valence-electron chi connectivity index (χ3n) is 1.90. The number of hydrogen-bond acceptors (Lipinski definition) is 3. The fourth-order valence-corrected chi connectivity index (χ4v) is 2.23. The van der Waals surface area contributed by atoms with Crippen LogP contribution in [0.4, 0.5) is 4.39 Å². The summed E-state index contributed by atoms with van der Waals surface area (Å²) < 4.78 is 13.8. The molecule has 1 heterocycles. The molecule has 0 aliphatic carbocycles. The van der Waals surface area contributed by atoms with Crippen LogP contribution in [0.5, 0.6) is 0 Å². The second kappa shape index (κ2) is 4.39. The maximum absolute atomic E-state index is 12.9. The average molecular weight is 220 g/mol. The summed E-state index contributed by atoms with van der Waals surface area (Å²) in [6.45, 7) is 1.15. The number of hydrogen-bond donors (Lipinski definition) is 1. The van der Waals surface area contributed by atoms with Crippen LogP contribution in [0.15, 0.2) is 18.2 Å². The average Bonchev–Trinajstić information content (AvgIpc) is 2.60. The molecule has 1 aromatic heterocycles. The third kappa shape index (κ3) is 2.32. The van der Waals surface area contributed by atoms with E-state index in [4.69, 9.17) is 6.42 Å². The molecule has 0 amide bonds. The summed E-state index contributed by atoms with van der Waals surface area (Å²) in [6, 6.07) is 4.60. The number of nitrogens with one attached hydrogen (secondary N) is 1. The first kappa shape index (κ1) is 10.1. The molecule has 1 aromatic carbocycles. The van der Waals surface area contributed by atoms with Crippen LogP contribution in [0.2, 0.25) is 0 Å². The summed E-state index contributed by atoms with van der Waals surface area (Å²) in [5.41, 5.74) is 0.832. The lowest BCUT2D eigenvalue weighted by Gasteiger charge is -1.93. The first-order valence-electron chi connectivity index (χ1n) is 4.49. The highest BCUT2D eigenvalue weighted by Gasteiger charge is 2.03. The Kier molecular flexibility index (Phi) is 2.95. The minimum Gasteiger partial charge on any atom is -0.300 e. The molecule has 2 aromatic rings. The fraction of sp³-hybridized carbons (Fsp3) is 0.182. The molecule has 0 fully saturated rings. The lowest BCUT2D eigenvalue weighted by Crippen LogP contribution is -2.12. The van der Waals surface area contributed by atoms with Gasteiger partial charge in [-0.05, 0) is 18.2 Å². The first-order chi connectivity index (χ1) is 7.29. The molecule has 0 unspecified atom stereocenters. The van der Waals surface area contributed by atoms with Gasteiger partial charge in [0.05, 0.1) is 16.8 Å². The molecule has 1 N–H and O–H groups in total. The van der Waals surface area contributed by atoms with Crippen molar-refractivity contribution in [1.82, 2.24) is 10.3 Å². The lowest BCUT2D eigenvalue weighted by atomic mass is 10.3.